The maximum absolute atomic E-state index is 12.7. The van der Waals surface area contributed by atoms with E-state index in [2.05, 4.69) is 10.6 Å². The second kappa shape index (κ2) is 6.93. The lowest BCUT2D eigenvalue weighted by molar-refractivity contribution is -0.127. The first-order valence-electron chi connectivity index (χ1n) is 7.72. The SMILES string of the molecule is Cc1ccc(C2C(=O)NCCN2C(=O)Nc2cccc(Cl)c2)cc1. The maximum atomic E-state index is 12.7. The number of anilines is 1. The third-order valence-corrected chi connectivity index (χ3v) is 4.18. The lowest BCUT2D eigenvalue weighted by atomic mass is 10.0. The third kappa shape index (κ3) is 3.51. The zero-order valence-electron chi connectivity index (χ0n) is 13.3. The number of carbonyl (C=O) groups excluding carboxylic acids is 2. The highest BCUT2D eigenvalue weighted by atomic mass is 35.5. The summed E-state index contributed by atoms with van der Waals surface area (Å²) in [6.07, 6.45) is 0. The molecule has 0 bridgehead atoms. The van der Waals surface area contributed by atoms with Crippen molar-refractivity contribution in [2.45, 2.75) is 13.0 Å². The van der Waals surface area contributed by atoms with Crippen LogP contribution < -0.4 is 10.6 Å². The topological polar surface area (TPSA) is 61.4 Å². The highest BCUT2D eigenvalue weighted by molar-refractivity contribution is 6.30. The molecular weight excluding hydrogens is 326 g/mol. The fraction of sp³-hybridized carbons (Fsp3) is 0.222. The van der Waals surface area contributed by atoms with Gasteiger partial charge in [0.2, 0.25) is 5.91 Å². The molecule has 5 nitrogen and oxygen atoms in total. The van der Waals surface area contributed by atoms with Crippen LogP contribution in [0.2, 0.25) is 5.02 Å². The zero-order chi connectivity index (χ0) is 17.1. The Kier molecular flexibility index (Phi) is 4.71. The summed E-state index contributed by atoms with van der Waals surface area (Å²) >= 11 is 5.95. The Morgan fingerprint density at radius 3 is 2.71 bits per heavy atom. The molecular formula is C18H18ClN3O2. The number of benzene rings is 2. The molecule has 0 aromatic heterocycles. The molecule has 1 aliphatic rings. The molecule has 1 saturated heterocycles. The number of urea groups is 1. The van der Waals surface area contributed by atoms with E-state index >= 15 is 0 Å². The normalized spacial score (nSPS) is 17.3. The lowest BCUT2D eigenvalue weighted by Gasteiger charge is -2.35. The quantitative estimate of drug-likeness (QED) is 0.878. The first kappa shape index (κ1) is 16.3. The van der Waals surface area contributed by atoms with Crippen LogP contribution in [-0.2, 0) is 4.79 Å². The molecule has 0 radical (unpaired) electrons. The van der Waals surface area contributed by atoms with Crippen molar-refractivity contribution in [1.29, 1.82) is 0 Å². The van der Waals surface area contributed by atoms with Crippen molar-refractivity contribution >= 4 is 29.2 Å². The summed E-state index contributed by atoms with van der Waals surface area (Å²) in [6.45, 7) is 2.86. The smallest absolute Gasteiger partial charge is 0.322 e. The number of nitrogens with one attached hydrogen (secondary N) is 2. The molecule has 3 rings (SSSR count). The molecule has 124 valence electrons. The number of carbonyl (C=O) groups is 2. The predicted octanol–water partition coefficient (Wildman–Crippen LogP) is 3.35. The van der Waals surface area contributed by atoms with Crippen molar-refractivity contribution in [3.05, 3.63) is 64.7 Å². The number of aryl methyl sites for hydroxylation is 1. The van der Waals surface area contributed by atoms with Gasteiger partial charge >= 0.3 is 6.03 Å². The summed E-state index contributed by atoms with van der Waals surface area (Å²) in [6, 6.07) is 13.6. The van der Waals surface area contributed by atoms with Crippen LogP contribution in [0.25, 0.3) is 0 Å². The third-order valence-electron chi connectivity index (χ3n) is 3.94. The van der Waals surface area contributed by atoms with E-state index in [1.54, 1.807) is 29.2 Å². The molecule has 0 saturated carbocycles. The number of piperazine rings is 1. The molecule has 1 unspecified atom stereocenters. The van der Waals surface area contributed by atoms with Gasteiger partial charge in [0.1, 0.15) is 6.04 Å². The van der Waals surface area contributed by atoms with Crippen molar-refractivity contribution in [3.8, 4) is 0 Å². The number of hydrogen-bond acceptors (Lipinski definition) is 2. The average Bonchev–Trinajstić information content (AvgIpc) is 2.55. The van der Waals surface area contributed by atoms with Gasteiger partial charge in [-0.1, -0.05) is 47.5 Å². The minimum absolute atomic E-state index is 0.175. The highest BCUT2D eigenvalue weighted by Crippen LogP contribution is 2.25. The molecule has 2 aromatic rings. The van der Waals surface area contributed by atoms with Crippen LogP contribution >= 0.6 is 11.6 Å². The molecule has 2 N–H and O–H groups in total. The molecule has 0 spiro atoms. The van der Waals surface area contributed by atoms with Gasteiger partial charge in [-0.25, -0.2) is 4.79 Å². The number of amides is 3. The van der Waals surface area contributed by atoms with E-state index in [1.165, 1.54) is 0 Å². The van der Waals surface area contributed by atoms with Gasteiger partial charge in [0.25, 0.3) is 0 Å². The number of hydrogen-bond donors (Lipinski definition) is 2. The summed E-state index contributed by atoms with van der Waals surface area (Å²) in [5, 5.41) is 6.17. The van der Waals surface area contributed by atoms with Crippen molar-refractivity contribution in [2.75, 3.05) is 18.4 Å². The van der Waals surface area contributed by atoms with Gasteiger partial charge in [0, 0.05) is 23.8 Å². The summed E-state index contributed by atoms with van der Waals surface area (Å²) in [7, 11) is 0. The summed E-state index contributed by atoms with van der Waals surface area (Å²) in [5.74, 6) is -0.175. The van der Waals surface area contributed by atoms with E-state index in [0.29, 0.717) is 23.8 Å². The van der Waals surface area contributed by atoms with Crippen molar-refractivity contribution in [2.24, 2.45) is 0 Å². The van der Waals surface area contributed by atoms with E-state index in [-0.39, 0.29) is 11.9 Å². The molecule has 2 aromatic carbocycles. The Labute approximate surface area is 145 Å². The molecule has 1 fully saturated rings. The largest absolute Gasteiger partial charge is 0.352 e. The van der Waals surface area contributed by atoms with E-state index in [4.69, 9.17) is 11.6 Å². The number of nitrogens with zero attached hydrogens (tertiary/aromatic N) is 1. The minimum atomic E-state index is -0.640. The molecule has 0 aliphatic carbocycles. The molecule has 1 heterocycles. The van der Waals surface area contributed by atoms with E-state index in [0.717, 1.165) is 11.1 Å². The lowest BCUT2D eigenvalue weighted by Crippen LogP contribution is -2.53. The van der Waals surface area contributed by atoms with Gasteiger partial charge in [-0.05, 0) is 30.7 Å². The Balaban J connectivity index is 1.84. The zero-order valence-corrected chi connectivity index (χ0v) is 14.0. The summed E-state index contributed by atoms with van der Waals surface area (Å²) < 4.78 is 0. The first-order valence-corrected chi connectivity index (χ1v) is 8.10. The molecule has 24 heavy (non-hydrogen) atoms. The van der Waals surface area contributed by atoms with Crippen LogP contribution in [0.1, 0.15) is 17.2 Å². The second-order valence-electron chi connectivity index (χ2n) is 5.74. The van der Waals surface area contributed by atoms with Gasteiger partial charge in [-0.3, -0.25) is 4.79 Å². The van der Waals surface area contributed by atoms with Crippen LogP contribution in [0, 0.1) is 6.92 Å². The van der Waals surface area contributed by atoms with Gasteiger partial charge in [0.05, 0.1) is 0 Å². The highest BCUT2D eigenvalue weighted by Gasteiger charge is 2.34. The first-order chi connectivity index (χ1) is 11.5. The van der Waals surface area contributed by atoms with Gasteiger partial charge in [-0.2, -0.15) is 0 Å². The molecule has 1 aliphatic heterocycles. The predicted molar refractivity (Wildman–Crippen MR) is 94.1 cm³/mol. The van der Waals surface area contributed by atoms with Crippen molar-refractivity contribution < 1.29 is 9.59 Å². The Morgan fingerprint density at radius 1 is 1.25 bits per heavy atom. The Hall–Kier alpha value is -2.53. The summed E-state index contributed by atoms with van der Waals surface area (Å²) in [5.41, 5.74) is 2.49. The Bertz CT molecular complexity index is 761. The molecule has 3 amide bonds. The number of halogens is 1. The molecule has 1 atom stereocenters. The van der Waals surface area contributed by atoms with E-state index in [9.17, 15) is 9.59 Å². The standard InChI is InChI=1S/C18H18ClN3O2/c1-12-5-7-13(8-6-12)16-17(23)20-9-10-22(16)18(24)21-15-4-2-3-14(19)11-15/h2-8,11,16H,9-10H2,1H3,(H,20,23)(H,21,24). The van der Waals surface area contributed by atoms with Crippen LogP contribution in [0.5, 0.6) is 0 Å². The number of rotatable bonds is 2. The monoisotopic (exact) mass is 343 g/mol. The minimum Gasteiger partial charge on any atom is -0.352 e. The second-order valence-corrected chi connectivity index (χ2v) is 6.17. The van der Waals surface area contributed by atoms with Crippen LogP contribution in [0.4, 0.5) is 10.5 Å². The van der Waals surface area contributed by atoms with Crippen LogP contribution in [-0.4, -0.2) is 29.9 Å². The maximum Gasteiger partial charge on any atom is 0.322 e. The fourth-order valence-electron chi connectivity index (χ4n) is 2.73. The molecule has 6 heteroatoms. The van der Waals surface area contributed by atoms with Crippen LogP contribution in [0.15, 0.2) is 48.5 Å². The van der Waals surface area contributed by atoms with E-state index < -0.39 is 6.04 Å². The van der Waals surface area contributed by atoms with Crippen LogP contribution in [0.3, 0.4) is 0 Å². The van der Waals surface area contributed by atoms with E-state index in [1.807, 2.05) is 31.2 Å². The van der Waals surface area contributed by atoms with Crippen molar-refractivity contribution in [3.63, 3.8) is 0 Å². The van der Waals surface area contributed by atoms with Gasteiger partial charge in [-0.15, -0.1) is 0 Å². The summed E-state index contributed by atoms with van der Waals surface area (Å²) in [4.78, 5) is 26.6. The van der Waals surface area contributed by atoms with Crippen molar-refractivity contribution in [1.82, 2.24) is 10.2 Å². The average molecular weight is 344 g/mol. The van der Waals surface area contributed by atoms with Gasteiger partial charge < -0.3 is 15.5 Å². The van der Waals surface area contributed by atoms with Gasteiger partial charge in [0.15, 0.2) is 0 Å². The fourth-order valence-corrected chi connectivity index (χ4v) is 2.92. The Morgan fingerprint density at radius 2 is 2.00 bits per heavy atom.